The maximum atomic E-state index is 6.56. The Labute approximate surface area is 152 Å². The van der Waals surface area contributed by atoms with Crippen LogP contribution in [0.5, 0.6) is 0 Å². The molecule has 0 aromatic heterocycles. The van der Waals surface area contributed by atoms with E-state index in [2.05, 4.69) is 34.7 Å². The van der Waals surface area contributed by atoms with Gasteiger partial charge in [0.25, 0.3) is 0 Å². The molecule has 1 heterocycles. The SMILES string of the molecule is CN[C@]1(c2ccccc2Cl)CCCC[C@H]1NCCCN1CCCC1. The van der Waals surface area contributed by atoms with Crippen molar-refractivity contribution in [2.75, 3.05) is 33.2 Å². The van der Waals surface area contributed by atoms with Gasteiger partial charge in [-0.15, -0.1) is 0 Å². The number of nitrogens with zero attached hydrogens (tertiary/aromatic N) is 1. The monoisotopic (exact) mass is 349 g/mol. The highest BCUT2D eigenvalue weighted by Crippen LogP contribution is 2.40. The first-order valence-electron chi connectivity index (χ1n) is 9.66. The molecule has 24 heavy (non-hydrogen) atoms. The fourth-order valence-corrected chi connectivity index (χ4v) is 4.92. The van der Waals surface area contributed by atoms with Gasteiger partial charge in [0, 0.05) is 11.1 Å². The first-order valence-corrected chi connectivity index (χ1v) is 10.0. The van der Waals surface area contributed by atoms with Crippen molar-refractivity contribution >= 4 is 11.6 Å². The van der Waals surface area contributed by atoms with Crippen LogP contribution in [-0.2, 0) is 5.54 Å². The molecule has 0 amide bonds. The predicted molar refractivity (Wildman–Crippen MR) is 103 cm³/mol. The van der Waals surface area contributed by atoms with Crippen LogP contribution in [0.1, 0.15) is 50.5 Å². The Morgan fingerprint density at radius 1 is 1.17 bits per heavy atom. The zero-order chi connectivity index (χ0) is 16.8. The second kappa shape index (κ2) is 8.66. The molecule has 2 aliphatic rings. The average molecular weight is 350 g/mol. The van der Waals surface area contributed by atoms with E-state index in [0.717, 1.165) is 18.0 Å². The van der Waals surface area contributed by atoms with Gasteiger partial charge in [-0.1, -0.05) is 42.6 Å². The molecular formula is C20H32ClN3. The van der Waals surface area contributed by atoms with Crippen LogP contribution < -0.4 is 10.6 Å². The molecule has 1 aromatic rings. The summed E-state index contributed by atoms with van der Waals surface area (Å²) in [6, 6.07) is 8.81. The minimum Gasteiger partial charge on any atom is -0.312 e. The Hall–Kier alpha value is -0.610. The quantitative estimate of drug-likeness (QED) is 0.734. The van der Waals surface area contributed by atoms with E-state index < -0.39 is 0 Å². The van der Waals surface area contributed by atoms with Crippen molar-refractivity contribution in [1.82, 2.24) is 15.5 Å². The Balaban J connectivity index is 1.64. The molecule has 1 saturated heterocycles. The number of rotatable bonds is 7. The largest absolute Gasteiger partial charge is 0.312 e. The molecule has 1 aliphatic carbocycles. The molecule has 2 N–H and O–H groups in total. The lowest BCUT2D eigenvalue weighted by Gasteiger charge is -2.45. The Bertz CT molecular complexity index is 515. The zero-order valence-corrected chi connectivity index (χ0v) is 15.7. The van der Waals surface area contributed by atoms with Gasteiger partial charge in [-0.2, -0.15) is 0 Å². The normalized spacial score (nSPS) is 28.3. The molecule has 0 spiro atoms. The summed E-state index contributed by atoms with van der Waals surface area (Å²) < 4.78 is 0. The van der Waals surface area contributed by atoms with E-state index in [9.17, 15) is 0 Å². The van der Waals surface area contributed by atoms with Crippen LogP contribution in [-0.4, -0.2) is 44.2 Å². The topological polar surface area (TPSA) is 27.3 Å². The van der Waals surface area contributed by atoms with E-state index in [4.69, 9.17) is 11.6 Å². The summed E-state index contributed by atoms with van der Waals surface area (Å²) in [5.74, 6) is 0. The van der Waals surface area contributed by atoms with Gasteiger partial charge in [0.2, 0.25) is 0 Å². The molecule has 0 radical (unpaired) electrons. The third-order valence-electron chi connectivity index (χ3n) is 5.95. The van der Waals surface area contributed by atoms with Crippen LogP contribution in [0, 0.1) is 0 Å². The van der Waals surface area contributed by atoms with Crippen molar-refractivity contribution < 1.29 is 0 Å². The molecule has 134 valence electrons. The number of hydrogen-bond acceptors (Lipinski definition) is 3. The maximum Gasteiger partial charge on any atom is 0.0602 e. The first kappa shape index (κ1) is 18.2. The Morgan fingerprint density at radius 2 is 1.96 bits per heavy atom. The third-order valence-corrected chi connectivity index (χ3v) is 6.28. The highest BCUT2D eigenvalue weighted by molar-refractivity contribution is 6.31. The molecule has 1 aliphatic heterocycles. The lowest BCUT2D eigenvalue weighted by molar-refractivity contribution is 0.176. The zero-order valence-electron chi connectivity index (χ0n) is 15.0. The van der Waals surface area contributed by atoms with Crippen molar-refractivity contribution in [3.05, 3.63) is 34.9 Å². The van der Waals surface area contributed by atoms with Gasteiger partial charge < -0.3 is 15.5 Å². The lowest BCUT2D eigenvalue weighted by atomic mass is 9.72. The Morgan fingerprint density at radius 3 is 2.71 bits per heavy atom. The summed E-state index contributed by atoms with van der Waals surface area (Å²) in [5.41, 5.74) is 1.22. The van der Waals surface area contributed by atoms with E-state index in [1.165, 1.54) is 63.7 Å². The van der Waals surface area contributed by atoms with Crippen LogP contribution >= 0.6 is 11.6 Å². The molecule has 3 nitrogen and oxygen atoms in total. The van der Waals surface area contributed by atoms with E-state index in [1.54, 1.807) is 0 Å². The highest BCUT2D eigenvalue weighted by Gasteiger charge is 2.41. The van der Waals surface area contributed by atoms with Crippen molar-refractivity contribution in [1.29, 1.82) is 0 Å². The fraction of sp³-hybridized carbons (Fsp3) is 0.700. The van der Waals surface area contributed by atoms with Crippen molar-refractivity contribution in [2.24, 2.45) is 0 Å². The highest BCUT2D eigenvalue weighted by atomic mass is 35.5. The van der Waals surface area contributed by atoms with Gasteiger partial charge in [0.1, 0.15) is 0 Å². The van der Waals surface area contributed by atoms with Crippen LogP contribution in [0.15, 0.2) is 24.3 Å². The van der Waals surface area contributed by atoms with E-state index in [-0.39, 0.29) is 5.54 Å². The average Bonchev–Trinajstić information content (AvgIpc) is 3.13. The number of nitrogens with one attached hydrogen (secondary N) is 2. The fourth-order valence-electron chi connectivity index (χ4n) is 4.61. The summed E-state index contributed by atoms with van der Waals surface area (Å²) in [6.07, 6.45) is 8.93. The second-order valence-electron chi connectivity index (χ2n) is 7.36. The predicted octanol–water partition coefficient (Wildman–Crippen LogP) is 3.77. The molecule has 0 bridgehead atoms. The minimum atomic E-state index is -0.0375. The smallest absolute Gasteiger partial charge is 0.0602 e. The van der Waals surface area contributed by atoms with Gasteiger partial charge in [0.05, 0.1) is 5.54 Å². The van der Waals surface area contributed by atoms with Crippen LogP contribution in [0.4, 0.5) is 0 Å². The molecule has 1 aromatic carbocycles. The molecule has 3 rings (SSSR count). The van der Waals surface area contributed by atoms with Crippen molar-refractivity contribution in [3.8, 4) is 0 Å². The number of likely N-dealkylation sites (N-methyl/N-ethyl adjacent to an activating group) is 1. The summed E-state index contributed by atoms with van der Waals surface area (Å²) >= 11 is 6.56. The van der Waals surface area contributed by atoms with Gasteiger partial charge in [-0.05, 0) is 77.0 Å². The van der Waals surface area contributed by atoms with Crippen LogP contribution in [0.2, 0.25) is 5.02 Å². The Kier molecular flexibility index (Phi) is 6.56. The molecule has 2 atom stereocenters. The van der Waals surface area contributed by atoms with Crippen molar-refractivity contribution in [2.45, 2.75) is 56.5 Å². The van der Waals surface area contributed by atoms with Crippen molar-refractivity contribution in [3.63, 3.8) is 0 Å². The lowest BCUT2D eigenvalue weighted by Crippen LogP contribution is -2.58. The molecule has 4 heteroatoms. The van der Waals surface area contributed by atoms with E-state index >= 15 is 0 Å². The number of benzene rings is 1. The molecule has 1 saturated carbocycles. The first-order chi connectivity index (χ1) is 11.8. The third kappa shape index (κ3) is 3.96. The minimum absolute atomic E-state index is 0.0375. The van der Waals surface area contributed by atoms with Gasteiger partial charge in [-0.3, -0.25) is 0 Å². The van der Waals surface area contributed by atoms with Crippen LogP contribution in [0.25, 0.3) is 0 Å². The van der Waals surface area contributed by atoms with E-state index in [1.807, 2.05) is 12.1 Å². The number of halogens is 1. The standard InChI is InChI=1S/C20H32ClN3/c1-22-20(17-9-2-3-10-18(17)21)12-5-4-11-19(20)23-13-8-16-24-14-6-7-15-24/h2-3,9-10,19,22-23H,4-8,11-16H2,1H3/t19-,20+/m1/s1. The van der Waals surface area contributed by atoms with Gasteiger partial charge in [-0.25, -0.2) is 0 Å². The molecular weight excluding hydrogens is 318 g/mol. The number of likely N-dealkylation sites (tertiary alicyclic amines) is 1. The summed E-state index contributed by atoms with van der Waals surface area (Å²) in [4.78, 5) is 2.60. The second-order valence-corrected chi connectivity index (χ2v) is 7.76. The number of hydrogen-bond donors (Lipinski definition) is 2. The summed E-state index contributed by atoms with van der Waals surface area (Å²) in [5, 5.41) is 8.40. The van der Waals surface area contributed by atoms with Gasteiger partial charge >= 0.3 is 0 Å². The molecule has 2 fully saturated rings. The summed E-state index contributed by atoms with van der Waals surface area (Å²) in [7, 11) is 2.09. The summed E-state index contributed by atoms with van der Waals surface area (Å²) in [6.45, 7) is 4.92. The van der Waals surface area contributed by atoms with Crippen LogP contribution in [0.3, 0.4) is 0 Å². The van der Waals surface area contributed by atoms with Gasteiger partial charge in [0.15, 0.2) is 0 Å². The maximum absolute atomic E-state index is 6.56. The van der Waals surface area contributed by atoms with E-state index in [0.29, 0.717) is 6.04 Å². The molecule has 0 unspecified atom stereocenters.